The molecule has 12 heteroatoms. The third-order valence-corrected chi connectivity index (χ3v) is 4.26. The Labute approximate surface area is 180 Å². The van der Waals surface area contributed by atoms with Crippen LogP contribution >= 0.6 is 15.9 Å². The molecule has 0 radical (unpaired) electrons. The molecule has 2 rings (SSSR count). The van der Waals surface area contributed by atoms with E-state index in [2.05, 4.69) is 20.9 Å². The predicted molar refractivity (Wildman–Crippen MR) is 104 cm³/mol. The number of rotatable bonds is 5. The molecule has 11 nitrogen and oxygen atoms in total. The van der Waals surface area contributed by atoms with Crippen LogP contribution in [0.2, 0.25) is 0 Å². The zero-order valence-electron chi connectivity index (χ0n) is 16.8. The summed E-state index contributed by atoms with van der Waals surface area (Å²) >= 11 is 2.84. The van der Waals surface area contributed by atoms with Crippen molar-refractivity contribution in [2.45, 2.75) is 50.7 Å². The summed E-state index contributed by atoms with van der Waals surface area (Å²) in [4.78, 5) is 47.3. The highest BCUT2D eigenvalue weighted by Crippen LogP contribution is 2.38. The molecule has 0 bridgehead atoms. The largest absolute Gasteiger partial charge is 0.463 e. The summed E-state index contributed by atoms with van der Waals surface area (Å²) in [6, 6.07) is 3.56. The fourth-order valence-corrected chi connectivity index (χ4v) is 3.06. The van der Waals surface area contributed by atoms with Crippen molar-refractivity contribution in [1.82, 2.24) is 4.98 Å². The Hall–Kier alpha value is -2.57. The number of nitrogens with zero attached hydrogens (tertiary/aromatic N) is 1. The number of hydrogen-bond donors (Lipinski definition) is 2. The first-order valence-electron chi connectivity index (χ1n) is 8.63. The number of aliphatic hydroxyl groups is 1. The quantitative estimate of drug-likeness (QED) is 0.333. The number of alkyl halides is 1. The summed E-state index contributed by atoms with van der Waals surface area (Å²) in [5, 5.41) is 10.0. The first kappa shape index (κ1) is 25.5. The number of hydrogen-bond acceptors (Lipinski definition) is 10. The van der Waals surface area contributed by atoms with Crippen molar-refractivity contribution in [3.05, 3.63) is 29.6 Å². The van der Waals surface area contributed by atoms with E-state index >= 15 is 0 Å². The maximum atomic E-state index is 11.1. The lowest BCUT2D eigenvalue weighted by Crippen LogP contribution is -2.44. The topological polar surface area (TPSA) is 164 Å². The van der Waals surface area contributed by atoms with E-state index in [0.717, 1.165) is 19.4 Å². The van der Waals surface area contributed by atoms with Gasteiger partial charge in [0, 0.05) is 27.0 Å². The first-order chi connectivity index (χ1) is 13.8. The average Bonchev–Trinajstić information content (AvgIpc) is 2.83. The number of nitrogens with two attached hydrogens (primary N) is 1. The number of carbonyl (C=O) groups is 4. The zero-order chi connectivity index (χ0) is 23.1. The summed E-state index contributed by atoms with van der Waals surface area (Å²) in [5.41, 5.74) is 6.18. The van der Waals surface area contributed by atoms with Crippen LogP contribution < -0.4 is 5.73 Å². The maximum Gasteiger partial charge on any atom is 0.303 e. The molecule has 3 N–H and O–H groups in total. The van der Waals surface area contributed by atoms with Crippen molar-refractivity contribution in [2.24, 2.45) is 5.73 Å². The van der Waals surface area contributed by atoms with Gasteiger partial charge in [0.15, 0.2) is 6.10 Å². The highest BCUT2D eigenvalue weighted by molar-refractivity contribution is 9.10. The van der Waals surface area contributed by atoms with Crippen LogP contribution in [0.3, 0.4) is 0 Å². The molecule has 0 aromatic carbocycles. The third-order valence-electron chi connectivity index (χ3n) is 3.62. The second-order valence-corrected chi connectivity index (χ2v) is 7.34. The van der Waals surface area contributed by atoms with Gasteiger partial charge in [-0.15, -0.1) is 0 Å². The van der Waals surface area contributed by atoms with Gasteiger partial charge in [0.2, 0.25) is 6.10 Å². The van der Waals surface area contributed by atoms with Gasteiger partial charge in [-0.2, -0.15) is 0 Å². The van der Waals surface area contributed by atoms with Gasteiger partial charge in [0.1, 0.15) is 18.4 Å². The summed E-state index contributed by atoms with van der Waals surface area (Å²) in [6.07, 6.45) is -1.83. The smallest absolute Gasteiger partial charge is 0.303 e. The number of pyridine rings is 1. The molecule has 0 saturated carbocycles. The number of amides is 1. The molecule has 1 aliphatic heterocycles. The summed E-state index contributed by atoms with van der Waals surface area (Å²) < 4.78 is 17.8. The van der Waals surface area contributed by atoms with Gasteiger partial charge < -0.3 is 29.8 Å². The van der Waals surface area contributed by atoms with Crippen molar-refractivity contribution >= 4 is 39.7 Å². The molecule has 2 heterocycles. The molecule has 166 valence electrons. The normalized spacial score (nSPS) is 24.8. The summed E-state index contributed by atoms with van der Waals surface area (Å²) in [7, 11) is 0. The van der Waals surface area contributed by atoms with E-state index in [1.165, 1.54) is 6.92 Å². The average molecular weight is 491 g/mol. The van der Waals surface area contributed by atoms with Crippen molar-refractivity contribution < 1.29 is 43.2 Å². The van der Waals surface area contributed by atoms with Gasteiger partial charge in [-0.1, -0.05) is 6.07 Å². The molecule has 1 fully saturated rings. The van der Waals surface area contributed by atoms with Gasteiger partial charge in [-0.05, 0) is 34.5 Å². The molecule has 30 heavy (non-hydrogen) atoms. The number of aryl methyl sites for hydroxylation is 1. The number of primary amides is 1. The Bertz CT molecular complexity index is 800. The second-order valence-electron chi connectivity index (χ2n) is 6.21. The molecule has 1 aliphatic rings. The minimum Gasteiger partial charge on any atom is -0.463 e. The van der Waals surface area contributed by atoms with Gasteiger partial charge in [-0.3, -0.25) is 24.2 Å². The van der Waals surface area contributed by atoms with Crippen LogP contribution in [0.4, 0.5) is 0 Å². The number of esters is 3. The SMILES string of the molecule is CC(=O)OC[C@H]1O[C@](O)(Br)[C@H](OC(C)=O)[C@@H]1OC(C)=O.Cc1cccnc1C(N)=O. The lowest BCUT2D eigenvalue weighted by atomic mass is 10.1. The predicted octanol–water partition coefficient (Wildman–Crippen LogP) is 0.342. The Morgan fingerprint density at radius 3 is 2.23 bits per heavy atom. The minimum absolute atomic E-state index is 0.265. The van der Waals surface area contributed by atoms with Crippen molar-refractivity contribution in [3.63, 3.8) is 0 Å². The van der Waals surface area contributed by atoms with Crippen LogP contribution in [0, 0.1) is 6.92 Å². The van der Waals surface area contributed by atoms with Crippen molar-refractivity contribution in [2.75, 3.05) is 6.61 Å². The van der Waals surface area contributed by atoms with Crippen molar-refractivity contribution in [1.29, 1.82) is 0 Å². The van der Waals surface area contributed by atoms with Crippen LogP contribution in [0.15, 0.2) is 18.3 Å². The standard InChI is InChI=1S/C11H15BrO8.C7H8N2O/c1-5(13)17-4-8-9(18-6(2)14)10(19-7(3)15)11(12,16)20-8;1-5-3-2-4-9-6(5)7(8)10/h8-10,16H,4H2,1-3H3;2-4H,1H3,(H2,8,10)/t8-,9-,10-,11+;/m1./s1. The molecule has 0 unspecified atom stereocenters. The Morgan fingerprint density at radius 2 is 1.80 bits per heavy atom. The monoisotopic (exact) mass is 490 g/mol. The van der Waals surface area contributed by atoms with Crippen LogP contribution in [0.1, 0.15) is 36.8 Å². The third kappa shape index (κ3) is 7.69. The molecule has 1 amide bonds. The zero-order valence-corrected chi connectivity index (χ0v) is 18.4. The first-order valence-corrected chi connectivity index (χ1v) is 9.42. The number of ether oxygens (including phenoxy) is 4. The molecule has 0 spiro atoms. The second kappa shape index (κ2) is 11.0. The summed E-state index contributed by atoms with van der Waals surface area (Å²) in [5.74, 6) is -2.39. The Kier molecular flexibility index (Phi) is 9.33. The molecule has 1 saturated heterocycles. The van der Waals surface area contributed by atoms with E-state index in [1.54, 1.807) is 25.3 Å². The van der Waals surface area contributed by atoms with Crippen LogP contribution in [0.25, 0.3) is 0 Å². The highest BCUT2D eigenvalue weighted by atomic mass is 79.9. The number of halogens is 1. The van der Waals surface area contributed by atoms with Gasteiger partial charge in [0.25, 0.3) is 10.6 Å². The molecular formula is C18H23BrN2O9. The Morgan fingerprint density at radius 1 is 1.20 bits per heavy atom. The van der Waals surface area contributed by atoms with E-state index in [4.69, 9.17) is 24.7 Å². The van der Waals surface area contributed by atoms with E-state index in [9.17, 15) is 24.3 Å². The maximum absolute atomic E-state index is 11.1. The van der Waals surface area contributed by atoms with Crippen LogP contribution in [-0.4, -0.2) is 63.5 Å². The molecule has 0 aliphatic carbocycles. The lowest BCUT2D eigenvalue weighted by Gasteiger charge is -2.24. The highest BCUT2D eigenvalue weighted by Gasteiger charge is 2.57. The molecule has 1 aromatic heterocycles. The van der Waals surface area contributed by atoms with Gasteiger partial charge in [0.05, 0.1) is 0 Å². The van der Waals surface area contributed by atoms with E-state index in [-0.39, 0.29) is 6.61 Å². The van der Waals surface area contributed by atoms with Gasteiger partial charge in [-0.25, -0.2) is 0 Å². The minimum atomic E-state index is -2.04. The van der Waals surface area contributed by atoms with E-state index < -0.39 is 46.8 Å². The Balaban J connectivity index is 0.000000375. The van der Waals surface area contributed by atoms with Crippen LogP contribution in [-0.2, 0) is 33.3 Å². The molecule has 1 aromatic rings. The fraction of sp³-hybridized carbons (Fsp3) is 0.500. The number of aromatic nitrogens is 1. The summed E-state index contributed by atoms with van der Waals surface area (Å²) in [6.45, 7) is 5.01. The van der Waals surface area contributed by atoms with Crippen molar-refractivity contribution in [3.8, 4) is 0 Å². The molecular weight excluding hydrogens is 468 g/mol. The van der Waals surface area contributed by atoms with E-state index in [1.807, 2.05) is 0 Å². The molecule has 4 atom stereocenters. The number of carbonyl (C=O) groups excluding carboxylic acids is 4. The van der Waals surface area contributed by atoms with Crippen LogP contribution in [0.5, 0.6) is 0 Å². The fourth-order valence-electron chi connectivity index (χ4n) is 2.46. The van der Waals surface area contributed by atoms with Gasteiger partial charge >= 0.3 is 17.9 Å². The van der Waals surface area contributed by atoms with E-state index in [0.29, 0.717) is 5.69 Å². The lowest BCUT2D eigenvalue weighted by molar-refractivity contribution is -0.184.